The van der Waals surface area contributed by atoms with Crippen LogP contribution in [0.4, 0.5) is 32.0 Å². The van der Waals surface area contributed by atoms with Crippen LogP contribution in [0.5, 0.6) is 5.75 Å². The summed E-state index contributed by atoms with van der Waals surface area (Å²) in [6.45, 7) is 1.63. The molecule has 4 aromatic rings. The molecule has 0 aliphatic rings. The van der Waals surface area contributed by atoms with Crippen LogP contribution in [0, 0.1) is 11.6 Å². The monoisotopic (exact) mass is 556 g/mol. The summed E-state index contributed by atoms with van der Waals surface area (Å²) in [4.78, 5) is 31.0. The van der Waals surface area contributed by atoms with Crippen molar-refractivity contribution in [2.24, 2.45) is 0 Å². The molecular weight excluding hydrogens is 534 g/mol. The average Bonchev–Trinajstić information content (AvgIpc) is 2.87. The first kappa shape index (κ1) is 29.1. The molecule has 0 spiro atoms. The fourth-order valence-corrected chi connectivity index (χ4v) is 3.57. The van der Waals surface area contributed by atoms with Crippen LogP contribution in [-0.2, 0) is 12.7 Å². The molecule has 0 saturated heterocycles. The molecule has 1 unspecified atom stereocenters. The number of anilines is 1. The zero-order chi connectivity index (χ0) is 28.9. The molecule has 9 nitrogen and oxygen atoms in total. The van der Waals surface area contributed by atoms with Gasteiger partial charge in [0.05, 0.1) is 48.9 Å². The Morgan fingerprint density at radius 3 is 2.33 bits per heavy atom. The second-order valence-corrected chi connectivity index (χ2v) is 8.15. The van der Waals surface area contributed by atoms with E-state index >= 15 is 0 Å². The number of nitrogens with two attached hydrogens (primary N) is 1. The minimum Gasteiger partial charge on any atom is -0.494 e. The lowest BCUT2D eigenvalue weighted by atomic mass is 10.1. The summed E-state index contributed by atoms with van der Waals surface area (Å²) in [5, 5.41) is 4.51. The standard InChI is InChI=1S/C19H18F3N3O2.C5H4F3N3O/c1-3-4-12(20)10-25-6-5-11-7-14(16(21)17(22)15(11)19(25)26)18-23-8-13(27-2)9-24-18;6-5(7,8)3-2(9)1-10-11-4(3)12/h5-9,12H,3-4,10H2,1-2H3;1H,(H3,9,11,12). The summed E-state index contributed by atoms with van der Waals surface area (Å²) >= 11 is 0. The summed E-state index contributed by atoms with van der Waals surface area (Å²) in [7, 11) is 1.43. The summed E-state index contributed by atoms with van der Waals surface area (Å²) in [6.07, 6.45) is -0.279. The second kappa shape index (κ2) is 12.0. The molecule has 0 aliphatic carbocycles. The highest BCUT2D eigenvalue weighted by molar-refractivity contribution is 5.86. The quantitative estimate of drug-likeness (QED) is 0.340. The third-order valence-electron chi connectivity index (χ3n) is 5.42. The molecule has 1 atom stereocenters. The summed E-state index contributed by atoms with van der Waals surface area (Å²) < 4.78 is 85.0. The zero-order valence-electron chi connectivity index (χ0n) is 20.5. The number of fused-ring (bicyclic) bond motifs is 1. The van der Waals surface area contributed by atoms with Gasteiger partial charge in [-0.15, -0.1) is 0 Å². The first-order valence-corrected chi connectivity index (χ1v) is 11.3. The van der Waals surface area contributed by atoms with E-state index in [0.717, 1.165) is 10.8 Å². The zero-order valence-corrected chi connectivity index (χ0v) is 20.5. The van der Waals surface area contributed by atoms with Crippen molar-refractivity contribution in [2.45, 2.75) is 38.7 Å². The third-order valence-corrected chi connectivity index (χ3v) is 5.42. The Morgan fingerprint density at radius 1 is 1.13 bits per heavy atom. The lowest BCUT2D eigenvalue weighted by Gasteiger charge is -2.12. The van der Waals surface area contributed by atoms with Crippen LogP contribution in [0.1, 0.15) is 25.3 Å². The average molecular weight is 556 g/mol. The number of rotatable bonds is 6. The van der Waals surface area contributed by atoms with E-state index in [1.165, 1.54) is 37.8 Å². The predicted molar refractivity (Wildman–Crippen MR) is 130 cm³/mol. The van der Waals surface area contributed by atoms with Crippen molar-refractivity contribution in [3.05, 3.63) is 74.8 Å². The number of halogens is 6. The molecule has 3 aromatic heterocycles. The van der Waals surface area contributed by atoms with Gasteiger partial charge in [0.2, 0.25) is 0 Å². The van der Waals surface area contributed by atoms with Crippen molar-refractivity contribution < 1.29 is 31.1 Å². The molecule has 39 heavy (non-hydrogen) atoms. The van der Waals surface area contributed by atoms with Gasteiger partial charge in [0.1, 0.15) is 11.7 Å². The van der Waals surface area contributed by atoms with E-state index in [0.29, 0.717) is 12.2 Å². The first-order valence-electron chi connectivity index (χ1n) is 11.3. The topological polar surface area (TPSA) is 129 Å². The molecule has 0 aliphatic heterocycles. The normalized spacial score (nSPS) is 12.1. The number of aromatic amines is 1. The number of alkyl halides is 4. The first-order chi connectivity index (χ1) is 18.4. The SMILES string of the molecule is CCCC(F)Cn1ccc2cc(-c3ncc(OC)cn3)c(F)c(F)c2c1=O.Nc1cn[nH]c(=O)c1C(F)(F)F. The van der Waals surface area contributed by atoms with Gasteiger partial charge in [-0.1, -0.05) is 13.3 Å². The van der Waals surface area contributed by atoms with Crippen molar-refractivity contribution in [3.63, 3.8) is 0 Å². The fourth-order valence-electron chi connectivity index (χ4n) is 3.57. The Balaban J connectivity index is 0.000000293. The van der Waals surface area contributed by atoms with Gasteiger partial charge < -0.3 is 15.0 Å². The molecule has 1 aromatic carbocycles. The minimum atomic E-state index is -4.74. The number of aromatic nitrogens is 5. The molecule has 208 valence electrons. The molecule has 0 amide bonds. The Kier molecular flexibility index (Phi) is 8.93. The Hall–Kier alpha value is -4.43. The van der Waals surface area contributed by atoms with Gasteiger partial charge in [-0.25, -0.2) is 28.2 Å². The van der Waals surface area contributed by atoms with Gasteiger partial charge >= 0.3 is 6.18 Å². The van der Waals surface area contributed by atoms with Crippen LogP contribution in [0.25, 0.3) is 22.2 Å². The molecule has 3 N–H and O–H groups in total. The number of ether oxygens (including phenoxy) is 1. The Labute approximate surface area is 216 Å². The molecule has 0 radical (unpaired) electrons. The van der Waals surface area contributed by atoms with Gasteiger partial charge in [-0.05, 0) is 23.9 Å². The van der Waals surface area contributed by atoms with Crippen LogP contribution in [-0.4, -0.2) is 38.0 Å². The molecular formula is C24H22F6N6O3. The highest BCUT2D eigenvalue weighted by Crippen LogP contribution is 2.30. The number of H-pyrrole nitrogens is 1. The van der Waals surface area contributed by atoms with Gasteiger partial charge in [0, 0.05) is 6.20 Å². The van der Waals surface area contributed by atoms with Crippen LogP contribution in [0.3, 0.4) is 0 Å². The van der Waals surface area contributed by atoms with E-state index in [-0.39, 0.29) is 29.7 Å². The molecule has 4 rings (SSSR count). The minimum absolute atomic E-state index is 0.0370. The van der Waals surface area contributed by atoms with Crippen molar-refractivity contribution in [3.8, 4) is 17.1 Å². The molecule has 15 heteroatoms. The number of hydrogen-bond acceptors (Lipinski definition) is 7. The number of nitrogens with one attached hydrogen (secondary N) is 1. The van der Waals surface area contributed by atoms with E-state index in [1.54, 1.807) is 5.10 Å². The van der Waals surface area contributed by atoms with Crippen molar-refractivity contribution >= 4 is 16.5 Å². The lowest BCUT2D eigenvalue weighted by molar-refractivity contribution is -0.138. The Morgan fingerprint density at radius 2 is 1.79 bits per heavy atom. The van der Waals surface area contributed by atoms with E-state index in [2.05, 4.69) is 15.1 Å². The summed E-state index contributed by atoms with van der Waals surface area (Å²) in [6, 6.07) is 2.76. The second-order valence-electron chi connectivity index (χ2n) is 8.15. The molecule has 0 bridgehead atoms. The van der Waals surface area contributed by atoms with Gasteiger partial charge in [0.15, 0.2) is 23.2 Å². The number of pyridine rings is 1. The van der Waals surface area contributed by atoms with E-state index in [4.69, 9.17) is 10.5 Å². The maximum atomic E-state index is 14.7. The molecule has 3 heterocycles. The predicted octanol–water partition coefficient (Wildman–Crippen LogP) is 4.25. The van der Waals surface area contributed by atoms with Crippen LogP contribution in [0.15, 0.2) is 46.5 Å². The van der Waals surface area contributed by atoms with Crippen molar-refractivity contribution in [2.75, 3.05) is 12.8 Å². The van der Waals surface area contributed by atoms with Gasteiger partial charge in [0.25, 0.3) is 11.1 Å². The van der Waals surface area contributed by atoms with Crippen LogP contribution < -0.4 is 21.6 Å². The van der Waals surface area contributed by atoms with Gasteiger partial charge in [-0.3, -0.25) is 9.59 Å². The largest absolute Gasteiger partial charge is 0.494 e. The van der Waals surface area contributed by atoms with Crippen LogP contribution in [0.2, 0.25) is 0 Å². The molecule has 0 fully saturated rings. The van der Waals surface area contributed by atoms with Crippen molar-refractivity contribution in [1.82, 2.24) is 24.7 Å². The maximum Gasteiger partial charge on any atom is 0.423 e. The van der Waals surface area contributed by atoms with Crippen molar-refractivity contribution in [1.29, 1.82) is 0 Å². The smallest absolute Gasteiger partial charge is 0.423 e. The fraction of sp³-hybridized carbons (Fsp3) is 0.292. The Bertz CT molecular complexity index is 1570. The number of methoxy groups -OCH3 is 1. The number of nitrogens with zero attached hydrogens (tertiary/aromatic N) is 4. The third kappa shape index (κ3) is 6.53. The maximum absolute atomic E-state index is 14.7. The van der Waals surface area contributed by atoms with E-state index in [9.17, 15) is 35.9 Å². The summed E-state index contributed by atoms with van der Waals surface area (Å²) in [5.74, 6) is -2.19. The van der Waals surface area contributed by atoms with E-state index < -0.39 is 51.7 Å². The van der Waals surface area contributed by atoms with E-state index in [1.807, 2.05) is 6.92 Å². The highest BCUT2D eigenvalue weighted by Gasteiger charge is 2.36. The van der Waals surface area contributed by atoms with Gasteiger partial charge in [-0.2, -0.15) is 18.3 Å². The number of nitrogen functional groups attached to an aromatic ring is 1. The summed E-state index contributed by atoms with van der Waals surface area (Å²) in [5.41, 5.74) is 0.549. The van der Waals surface area contributed by atoms with Crippen LogP contribution >= 0.6 is 0 Å². The number of hydrogen-bond donors (Lipinski definition) is 2. The highest BCUT2D eigenvalue weighted by atomic mass is 19.4. The number of benzene rings is 1. The molecule has 0 saturated carbocycles. The lowest BCUT2D eigenvalue weighted by Crippen LogP contribution is -2.25.